The first kappa shape index (κ1) is 18.6. The third-order valence-corrected chi connectivity index (χ3v) is 5.51. The molecule has 0 bridgehead atoms. The van der Waals surface area contributed by atoms with Crippen LogP contribution in [0.2, 0.25) is 0 Å². The van der Waals surface area contributed by atoms with E-state index in [1.807, 2.05) is 36.4 Å². The lowest BCUT2D eigenvalue weighted by molar-refractivity contribution is 0.371. The van der Waals surface area contributed by atoms with Gasteiger partial charge in [-0.2, -0.15) is 5.26 Å². The molecule has 0 spiro atoms. The monoisotopic (exact) mass is 410 g/mol. The number of aromatic hydroxyl groups is 1. The van der Waals surface area contributed by atoms with Crippen LogP contribution in [0, 0.1) is 11.3 Å². The molecule has 152 valence electrons. The molecule has 1 unspecified atom stereocenters. The quantitative estimate of drug-likeness (QED) is 0.467. The molecule has 2 heterocycles. The second-order valence-corrected chi connectivity index (χ2v) is 7.24. The van der Waals surface area contributed by atoms with Crippen LogP contribution in [0.3, 0.4) is 0 Å². The second-order valence-electron chi connectivity index (χ2n) is 7.24. The summed E-state index contributed by atoms with van der Waals surface area (Å²) in [5.74, 6) is 0.0943. The van der Waals surface area contributed by atoms with Crippen LogP contribution in [0.15, 0.2) is 72.1 Å². The lowest BCUT2D eigenvalue weighted by Crippen LogP contribution is -2.21. The highest BCUT2D eigenvalue weighted by atomic mass is 16.5. The van der Waals surface area contributed by atoms with Gasteiger partial charge in [-0.1, -0.05) is 42.5 Å². The van der Waals surface area contributed by atoms with Gasteiger partial charge in [-0.05, 0) is 34.5 Å². The minimum Gasteiger partial charge on any atom is -0.504 e. The number of benzene rings is 3. The molecule has 0 fully saturated rings. The Bertz CT molecular complexity index is 1400. The fourth-order valence-electron chi connectivity index (χ4n) is 4.02. The maximum atomic E-state index is 10.0. The summed E-state index contributed by atoms with van der Waals surface area (Å²) in [5.41, 5.74) is 9.39. The van der Waals surface area contributed by atoms with E-state index >= 15 is 0 Å². The number of H-pyrrole nitrogens is 1. The van der Waals surface area contributed by atoms with Crippen molar-refractivity contribution in [3.63, 3.8) is 0 Å². The number of nitriles is 1. The highest BCUT2D eigenvalue weighted by Gasteiger charge is 2.36. The maximum absolute atomic E-state index is 10.0. The Balaban J connectivity index is 1.73. The fraction of sp³-hybridized carbons (Fsp3) is 0.0833. The van der Waals surface area contributed by atoms with Gasteiger partial charge in [-0.25, -0.2) is 0 Å². The molecule has 7 nitrogen and oxygen atoms in total. The van der Waals surface area contributed by atoms with Crippen molar-refractivity contribution in [1.82, 2.24) is 10.2 Å². The number of methoxy groups -OCH3 is 1. The molecule has 7 heteroatoms. The molecule has 0 aliphatic carbocycles. The number of fused-ring (bicyclic) bond motifs is 2. The Labute approximate surface area is 178 Å². The van der Waals surface area contributed by atoms with E-state index in [1.54, 1.807) is 12.1 Å². The van der Waals surface area contributed by atoms with Gasteiger partial charge in [-0.15, -0.1) is 5.10 Å². The number of aromatic amines is 1. The number of ether oxygens (including phenoxy) is 2. The Kier molecular flexibility index (Phi) is 4.26. The van der Waals surface area contributed by atoms with Gasteiger partial charge in [0, 0.05) is 5.56 Å². The van der Waals surface area contributed by atoms with Gasteiger partial charge in [0.25, 0.3) is 0 Å². The Morgan fingerprint density at radius 1 is 1.13 bits per heavy atom. The predicted octanol–water partition coefficient (Wildman–Crippen LogP) is 4.16. The zero-order valence-electron chi connectivity index (χ0n) is 16.6. The summed E-state index contributed by atoms with van der Waals surface area (Å²) in [6, 6.07) is 21.3. The summed E-state index contributed by atoms with van der Waals surface area (Å²) in [4.78, 5) is 0. The SMILES string of the molecule is COc1cc(C2C(C#N)=C(N)Oc3n[nH]c(-c4ccc5ccccc5c4)c32)ccc1O. The lowest BCUT2D eigenvalue weighted by atomic mass is 9.82. The van der Waals surface area contributed by atoms with E-state index in [0.29, 0.717) is 17.2 Å². The van der Waals surface area contributed by atoms with E-state index in [0.717, 1.165) is 27.6 Å². The first-order chi connectivity index (χ1) is 15.1. The summed E-state index contributed by atoms with van der Waals surface area (Å²) >= 11 is 0. The Morgan fingerprint density at radius 3 is 2.71 bits per heavy atom. The summed E-state index contributed by atoms with van der Waals surface area (Å²) in [6.45, 7) is 0. The van der Waals surface area contributed by atoms with Crippen molar-refractivity contribution in [3.05, 3.63) is 83.2 Å². The minimum absolute atomic E-state index is 0.00334. The molecular formula is C24H18N4O3. The number of hydrogen-bond acceptors (Lipinski definition) is 6. The van der Waals surface area contributed by atoms with Crippen LogP contribution in [0.4, 0.5) is 0 Å². The molecule has 1 aromatic heterocycles. The molecule has 0 saturated heterocycles. The van der Waals surface area contributed by atoms with E-state index in [2.05, 4.69) is 22.3 Å². The first-order valence-corrected chi connectivity index (χ1v) is 9.62. The smallest absolute Gasteiger partial charge is 0.244 e. The van der Waals surface area contributed by atoms with Gasteiger partial charge in [-0.3, -0.25) is 5.10 Å². The molecule has 3 aromatic carbocycles. The molecule has 4 aromatic rings. The average Bonchev–Trinajstić information content (AvgIpc) is 3.21. The number of phenols is 1. The van der Waals surface area contributed by atoms with Crippen LogP contribution in [0.5, 0.6) is 17.4 Å². The number of nitrogens with one attached hydrogen (secondary N) is 1. The zero-order valence-corrected chi connectivity index (χ0v) is 16.6. The molecule has 5 rings (SSSR count). The van der Waals surface area contributed by atoms with Crippen molar-refractivity contribution in [2.45, 2.75) is 5.92 Å². The minimum atomic E-state index is -0.538. The van der Waals surface area contributed by atoms with Crippen LogP contribution in [0.1, 0.15) is 17.0 Å². The summed E-state index contributed by atoms with van der Waals surface area (Å²) in [6.07, 6.45) is 0. The lowest BCUT2D eigenvalue weighted by Gasteiger charge is -2.24. The normalized spacial score (nSPS) is 15.3. The van der Waals surface area contributed by atoms with Crippen LogP contribution in [-0.2, 0) is 0 Å². The van der Waals surface area contributed by atoms with Crippen molar-refractivity contribution in [2.75, 3.05) is 7.11 Å². The van der Waals surface area contributed by atoms with E-state index in [9.17, 15) is 10.4 Å². The van der Waals surface area contributed by atoms with Gasteiger partial charge in [0.05, 0.1) is 24.3 Å². The van der Waals surface area contributed by atoms with Crippen molar-refractivity contribution in [3.8, 4) is 34.7 Å². The second kappa shape index (κ2) is 7.11. The van der Waals surface area contributed by atoms with Gasteiger partial charge in [0.1, 0.15) is 11.6 Å². The molecule has 0 radical (unpaired) electrons. The van der Waals surface area contributed by atoms with Crippen molar-refractivity contribution < 1.29 is 14.6 Å². The third-order valence-electron chi connectivity index (χ3n) is 5.51. The standard InChI is InChI=1S/C24H18N4O3/c1-30-19-11-15(8-9-18(19)29)20-17(12-25)23(26)31-24-21(20)22(27-28-24)16-7-6-13-4-2-3-5-14(13)10-16/h2-11,20,29H,26H2,1H3,(H,27,28). The number of aromatic nitrogens is 2. The van der Waals surface area contributed by atoms with Crippen LogP contribution < -0.4 is 15.2 Å². The van der Waals surface area contributed by atoms with E-state index in [4.69, 9.17) is 15.2 Å². The molecular weight excluding hydrogens is 392 g/mol. The maximum Gasteiger partial charge on any atom is 0.244 e. The molecule has 31 heavy (non-hydrogen) atoms. The van der Waals surface area contributed by atoms with Crippen LogP contribution >= 0.6 is 0 Å². The number of rotatable bonds is 3. The highest BCUT2D eigenvalue weighted by molar-refractivity contribution is 5.87. The zero-order chi connectivity index (χ0) is 21.5. The summed E-state index contributed by atoms with van der Waals surface area (Å²) in [5, 5.41) is 29.5. The van der Waals surface area contributed by atoms with Crippen molar-refractivity contribution >= 4 is 10.8 Å². The molecule has 4 N–H and O–H groups in total. The summed E-state index contributed by atoms with van der Waals surface area (Å²) < 4.78 is 10.9. The van der Waals surface area contributed by atoms with E-state index < -0.39 is 5.92 Å². The largest absolute Gasteiger partial charge is 0.504 e. The number of nitrogens with zero attached hydrogens (tertiary/aromatic N) is 2. The number of hydrogen-bond donors (Lipinski definition) is 3. The fourth-order valence-corrected chi connectivity index (χ4v) is 4.02. The van der Waals surface area contributed by atoms with Gasteiger partial charge in [0.2, 0.25) is 11.8 Å². The van der Waals surface area contributed by atoms with E-state index in [-0.39, 0.29) is 17.2 Å². The Hall–Kier alpha value is -4.44. The third kappa shape index (κ3) is 2.93. The molecule has 1 aliphatic heterocycles. The van der Waals surface area contributed by atoms with Gasteiger partial charge < -0.3 is 20.3 Å². The number of nitrogens with two attached hydrogens (primary N) is 1. The highest BCUT2D eigenvalue weighted by Crippen LogP contribution is 2.47. The van der Waals surface area contributed by atoms with Gasteiger partial charge >= 0.3 is 0 Å². The topological polar surface area (TPSA) is 117 Å². The average molecular weight is 410 g/mol. The van der Waals surface area contributed by atoms with Crippen molar-refractivity contribution in [2.24, 2.45) is 5.73 Å². The van der Waals surface area contributed by atoms with Crippen LogP contribution in [0.25, 0.3) is 22.0 Å². The summed E-state index contributed by atoms with van der Waals surface area (Å²) in [7, 11) is 1.47. The molecule has 0 saturated carbocycles. The molecule has 1 atom stereocenters. The first-order valence-electron chi connectivity index (χ1n) is 9.62. The van der Waals surface area contributed by atoms with Crippen LogP contribution in [-0.4, -0.2) is 22.4 Å². The van der Waals surface area contributed by atoms with Crippen molar-refractivity contribution in [1.29, 1.82) is 5.26 Å². The predicted molar refractivity (Wildman–Crippen MR) is 115 cm³/mol. The molecule has 1 aliphatic rings. The molecule has 0 amide bonds. The number of allylic oxidation sites excluding steroid dienone is 1. The van der Waals surface area contributed by atoms with Gasteiger partial charge in [0.15, 0.2) is 11.5 Å². The Morgan fingerprint density at radius 2 is 1.94 bits per heavy atom. The number of phenolic OH excluding ortho intramolecular Hbond substituents is 1. The van der Waals surface area contributed by atoms with E-state index in [1.165, 1.54) is 13.2 Å².